The van der Waals surface area contributed by atoms with Crippen molar-refractivity contribution in [1.29, 1.82) is 5.26 Å². The number of aliphatic hydroxyl groups is 1. The third-order valence-electron chi connectivity index (χ3n) is 3.88. The van der Waals surface area contributed by atoms with Crippen molar-refractivity contribution < 1.29 is 14.6 Å². The number of aromatic nitrogens is 1. The molecule has 6 nitrogen and oxygen atoms in total. The van der Waals surface area contributed by atoms with Gasteiger partial charge in [0.05, 0.1) is 24.8 Å². The van der Waals surface area contributed by atoms with Crippen molar-refractivity contribution in [2.75, 3.05) is 7.11 Å². The molecule has 0 bridgehead atoms. The van der Waals surface area contributed by atoms with Crippen molar-refractivity contribution in [2.45, 2.75) is 44.2 Å². The van der Waals surface area contributed by atoms with Crippen LogP contribution in [-0.2, 0) is 11.3 Å². The highest BCUT2D eigenvalue weighted by Gasteiger charge is 2.30. The maximum Gasteiger partial charge on any atom is 0.339 e. The number of hydrogen-bond donors (Lipinski definition) is 1. The van der Waals surface area contributed by atoms with E-state index in [0.29, 0.717) is 12.8 Å². The molecular weight excluding hydrogens is 272 g/mol. The second kappa shape index (κ2) is 6.10. The minimum Gasteiger partial charge on any atom is -0.465 e. The Morgan fingerprint density at radius 2 is 2.14 bits per heavy atom. The molecule has 6 heteroatoms. The topological polar surface area (TPSA) is 92.3 Å². The molecule has 2 rings (SSSR count). The van der Waals surface area contributed by atoms with Crippen LogP contribution in [0.15, 0.2) is 17.1 Å². The number of carbonyl (C=O) groups excluding carboxylic acids is 1. The molecule has 0 spiro atoms. The molecule has 0 amide bonds. The van der Waals surface area contributed by atoms with E-state index in [-0.39, 0.29) is 17.7 Å². The van der Waals surface area contributed by atoms with Crippen LogP contribution >= 0.6 is 0 Å². The first-order valence-corrected chi connectivity index (χ1v) is 6.94. The van der Waals surface area contributed by atoms with E-state index >= 15 is 0 Å². The average molecular weight is 290 g/mol. The minimum absolute atomic E-state index is 0.0886. The van der Waals surface area contributed by atoms with E-state index in [1.165, 1.54) is 23.9 Å². The molecule has 0 saturated heterocycles. The molecule has 0 radical (unpaired) electrons. The number of carbonyl (C=O) groups is 1. The molecule has 1 aliphatic carbocycles. The van der Waals surface area contributed by atoms with Crippen LogP contribution in [0, 0.1) is 11.3 Å². The monoisotopic (exact) mass is 290 g/mol. The van der Waals surface area contributed by atoms with Crippen LogP contribution in [0.3, 0.4) is 0 Å². The van der Waals surface area contributed by atoms with Crippen molar-refractivity contribution >= 4 is 5.97 Å². The normalized spacial score (nSPS) is 17.0. The zero-order valence-electron chi connectivity index (χ0n) is 12.0. The van der Waals surface area contributed by atoms with Gasteiger partial charge in [0.2, 0.25) is 0 Å². The van der Waals surface area contributed by atoms with Crippen molar-refractivity contribution in [1.82, 2.24) is 4.57 Å². The van der Waals surface area contributed by atoms with Gasteiger partial charge in [-0.1, -0.05) is 19.3 Å². The predicted octanol–water partition coefficient (Wildman–Crippen LogP) is 1.20. The van der Waals surface area contributed by atoms with Crippen LogP contribution < -0.4 is 5.56 Å². The van der Waals surface area contributed by atoms with E-state index in [0.717, 1.165) is 19.3 Å². The van der Waals surface area contributed by atoms with Crippen molar-refractivity contribution in [3.05, 3.63) is 33.7 Å². The lowest BCUT2D eigenvalue weighted by Crippen LogP contribution is -2.40. The number of rotatable bonds is 3. The first kappa shape index (κ1) is 15.3. The van der Waals surface area contributed by atoms with E-state index < -0.39 is 17.1 Å². The molecule has 1 saturated carbocycles. The molecule has 1 fully saturated rings. The van der Waals surface area contributed by atoms with Crippen LogP contribution in [0.4, 0.5) is 0 Å². The summed E-state index contributed by atoms with van der Waals surface area (Å²) in [5, 5.41) is 19.6. The highest BCUT2D eigenvalue weighted by molar-refractivity contribution is 5.89. The molecule has 1 aromatic heterocycles. The van der Waals surface area contributed by atoms with Gasteiger partial charge in [0.1, 0.15) is 11.6 Å². The van der Waals surface area contributed by atoms with Crippen molar-refractivity contribution in [3.8, 4) is 6.07 Å². The molecule has 0 unspecified atom stereocenters. The van der Waals surface area contributed by atoms with E-state index in [1.807, 2.05) is 0 Å². The summed E-state index contributed by atoms with van der Waals surface area (Å²) in [7, 11) is 1.23. The molecule has 1 N–H and O–H groups in total. The Morgan fingerprint density at radius 3 is 2.71 bits per heavy atom. The Morgan fingerprint density at radius 1 is 1.48 bits per heavy atom. The van der Waals surface area contributed by atoms with Gasteiger partial charge < -0.3 is 14.4 Å². The Bertz CT molecular complexity index is 636. The summed E-state index contributed by atoms with van der Waals surface area (Å²) in [6.07, 6.45) is 5.47. The van der Waals surface area contributed by atoms with Crippen LogP contribution in [-0.4, -0.2) is 28.4 Å². The van der Waals surface area contributed by atoms with Gasteiger partial charge in [-0.3, -0.25) is 4.79 Å². The molecule has 0 aromatic carbocycles. The van der Waals surface area contributed by atoms with Crippen molar-refractivity contribution in [2.24, 2.45) is 0 Å². The fourth-order valence-electron chi connectivity index (χ4n) is 2.75. The highest BCUT2D eigenvalue weighted by atomic mass is 16.5. The summed E-state index contributed by atoms with van der Waals surface area (Å²) in [5.41, 5.74) is -1.45. The Labute approximate surface area is 122 Å². The molecule has 1 aromatic rings. The Balaban J connectivity index is 2.40. The fraction of sp³-hybridized carbons (Fsp3) is 0.533. The summed E-state index contributed by atoms with van der Waals surface area (Å²) in [6.45, 7) is 0.0886. The van der Waals surface area contributed by atoms with E-state index in [2.05, 4.69) is 4.74 Å². The molecule has 0 aliphatic heterocycles. The maximum atomic E-state index is 12.2. The number of ether oxygens (including phenoxy) is 1. The first-order valence-electron chi connectivity index (χ1n) is 6.94. The smallest absolute Gasteiger partial charge is 0.339 e. The minimum atomic E-state index is -0.955. The summed E-state index contributed by atoms with van der Waals surface area (Å²) >= 11 is 0. The summed E-state index contributed by atoms with van der Waals surface area (Å²) in [6, 6.07) is 3.00. The van der Waals surface area contributed by atoms with Gasteiger partial charge >= 0.3 is 5.97 Å². The van der Waals surface area contributed by atoms with Crippen LogP contribution in [0.5, 0.6) is 0 Å². The molecule has 21 heavy (non-hydrogen) atoms. The van der Waals surface area contributed by atoms with Gasteiger partial charge in [0, 0.05) is 6.20 Å². The summed E-state index contributed by atoms with van der Waals surface area (Å²) in [4.78, 5) is 23.8. The lowest BCUT2D eigenvalue weighted by Gasteiger charge is -2.32. The first-order chi connectivity index (χ1) is 9.99. The zero-order valence-corrected chi connectivity index (χ0v) is 12.0. The summed E-state index contributed by atoms with van der Waals surface area (Å²) < 4.78 is 5.87. The lowest BCUT2D eigenvalue weighted by atomic mass is 9.85. The van der Waals surface area contributed by atoms with E-state index in [1.54, 1.807) is 6.07 Å². The molecular formula is C15H18N2O4. The number of pyridine rings is 1. The van der Waals surface area contributed by atoms with Crippen molar-refractivity contribution in [3.63, 3.8) is 0 Å². The number of esters is 1. The number of methoxy groups -OCH3 is 1. The lowest BCUT2D eigenvalue weighted by molar-refractivity contribution is -0.0123. The largest absolute Gasteiger partial charge is 0.465 e. The molecule has 1 heterocycles. The average Bonchev–Trinajstić information content (AvgIpc) is 2.49. The predicted molar refractivity (Wildman–Crippen MR) is 74.8 cm³/mol. The van der Waals surface area contributed by atoms with Crippen LogP contribution in [0.2, 0.25) is 0 Å². The third kappa shape index (κ3) is 3.31. The number of hydrogen-bond acceptors (Lipinski definition) is 5. The molecule has 112 valence electrons. The van der Waals surface area contributed by atoms with E-state index in [4.69, 9.17) is 5.26 Å². The third-order valence-corrected chi connectivity index (χ3v) is 3.88. The van der Waals surface area contributed by atoms with Gasteiger partial charge in [0.25, 0.3) is 5.56 Å². The second-order valence-corrected chi connectivity index (χ2v) is 5.46. The quantitative estimate of drug-likeness (QED) is 0.844. The van der Waals surface area contributed by atoms with Crippen LogP contribution in [0.25, 0.3) is 0 Å². The molecule has 0 atom stereocenters. The van der Waals surface area contributed by atoms with Gasteiger partial charge in [-0.05, 0) is 18.9 Å². The van der Waals surface area contributed by atoms with Crippen LogP contribution in [0.1, 0.15) is 48.0 Å². The second-order valence-electron chi connectivity index (χ2n) is 5.46. The Hall–Kier alpha value is -2.13. The van der Waals surface area contributed by atoms with Gasteiger partial charge in [-0.25, -0.2) is 4.79 Å². The van der Waals surface area contributed by atoms with E-state index in [9.17, 15) is 14.7 Å². The van der Waals surface area contributed by atoms with Gasteiger partial charge in [-0.15, -0.1) is 0 Å². The fourth-order valence-corrected chi connectivity index (χ4v) is 2.75. The Kier molecular flexibility index (Phi) is 4.43. The van der Waals surface area contributed by atoms with Gasteiger partial charge in [0.15, 0.2) is 0 Å². The summed E-state index contributed by atoms with van der Waals surface area (Å²) in [5.74, 6) is -0.615. The maximum absolute atomic E-state index is 12.2. The van der Waals surface area contributed by atoms with Gasteiger partial charge in [-0.2, -0.15) is 5.26 Å². The number of nitrogens with zero attached hydrogens (tertiary/aromatic N) is 2. The highest BCUT2D eigenvalue weighted by Crippen LogP contribution is 2.29. The molecule has 1 aliphatic rings. The number of nitriles is 1. The zero-order chi connectivity index (χ0) is 15.5. The SMILES string of the molecule is COC(=O)c1cc(C#N)c(=O)n(CC2(O)CCCCC2)c1. The standard InChI is InChI=1S/C15H18N2O4/c1-21-14(19)12-7-11(8-16)13(18)17(9-12)10-15(20)5-3-2-4-6-15/h7,9,20H,2-6,10H2,1H3.